The van der Waals surface area contributed by atoms with Gasteiger partial charge in [0.25, 0.3) is 0 Å². The molecule has 0 amide bonds. The average molecular weight is 503 g/mol. The van der Waals surface area contributed by atoms with Gasteiger partial charge in [-0.15, -0.1) is 0 Å². The molecular weight excluding hydrogens is 479 g/mol. The van der Waals surface area contributed by atoms with Crippen molar-refractivity contribution in [2.75, 3.05) is 13.2 Å². The van der Waals surface area contributed by atoms with Crippen molar-refractivity contribution in [1.29, 1.82) is 0 Å². The first-order valence-corrected chi connectivity index (χ1v) is 13.7. The minimum absolute atomic E-state index is 0.153. The van der Waals surface area contributed by atoms with E-state index in [1.54, 1.807) is 0 Å². The zero-order valence-corrected chi connectivity index (χ0v) is 19.2. The van der Waals surface area contributed by atoms with Gasteiger partial charge in [0.05, 0.1) is 19.3 Å². The molecule has 0 N–H and O–H groups in total. The van der Waals surface area contributed by atoms with Crippen molar-refractivity contribution in [3.8, 4) is 5.75 Å². The summed E-state index contributed by atoms with van der Waals surface area (Å²) in [7, 11) is -1.78. The Labute approximate surface area is 175 Å². The van der Waals surface area contributed by atoms with Crippen molar-refractivity contribution >= 4 is 42.5 Å². The lowest BCUT2D eigenvalue weighted by Crippen LogP contribution is -2.28. The number of hydrogen-bond acceptors (Lipinski definition) is 3. The highest BCUT2D eigenvalue weighted by Gasteiger charge is 2.26. The first-order valence-electron chi connectivity index (χ1n) is 8.79. The van der Waals surface area contributed by atoms with Gasteiger partial charge in [0, 0.05) is 20.6 Å². The van der Waals surface area contributed by atoms with Gasteiger partial charge in [-0.05, 0) is 78.1 Å². The molecule has 6 heteroatoms. The number of hydrogen-bond donors (Lipinski definition) is 0. The molecule has 1 aliphatic heterocycles. The minimum atomic E-state index is -1.78. The van der Waals surface area contributed by atoms with Crippen LogP contribution in [0.25, 0.3) is 0 Å². The van der Waals surface area contributed by atoms with E-state index in [0.29, 0.717) is 6.61 Å². The summed E-state index contributed by atoms with van der Waals surface area (Å²) in [6, 6.07) is 14.2. The monoisotopic (exact) mass is 502 g/mol. The maximum Gasteiger partial charge on any atom is 0.185 e. The van der Waals surface area contributed by atoms with Gasteiger partial charge in [-0.25, -0.2) is 0 Å². The highest BCUT2D eigenvalue weighted by Crippen LogP contribution is 2.35. The molecule has 2 unspecified atom stereocenters. The van der Waals surface area contributed by atoms with Gasteiger partial charge in [-0.3, -0.25) is 0 Å². The zero-order chi connectivity index (χ0) is 18.7. The summed E-state index contributed by atoms with van der Waals surface area (Å²) in [5, 5.41) is 0.733. The van der Waals surface area contributed by atoms with Gasteiger partial charge in [-0.1, -0.05) is 23.7 Å². The van der Waals surface area contributed by atoms with Crippen molar-refractivity contribution in [2.45, 2.75) is 38.3 Å². The van der Waals surface area contributed by atoms with E-state index in [1.807, 2.05) is 24.3 Å². The van der Waals surface area contributed by atoms with Crippen LogP contribution in [0.3, 0.4) is 0 Å². The van der Waals surface area contributed by atoms with Crippen LogP contribution in [0, 0.1) is 3.57 Å². The number of benzene rings is 2. The van der Waals surface area contributed by atoms with Crippen LogP contribution >= 0.6 is 34.2 Å². The summed E-state index contributed by atoms with van der Waals surface area (Å²) in [6.07, 6.45) is 0.925. The molecule has 1 fully saturated rings. The van der Waals surface area contributed by atoms with Crippen molar-refractivity contribution in [3.63, 3.8) is 0 Å². The van der Waals surface area contributed by atoms with E-state index >= 15 is 0 Å². The average Bonchev–Trinajstić information content (AvgIpc) is 3.08. The molecule has 0 radical (unpaired) electrons. The fourth-order valence-corrected chi connectivity index (χ4v) is 4.60. The van der Waals surface area contributed by atoms with E-state index in [0.717, 1.165) is 38.5 Å². The molecule has 0 aliphatic carbocycles. The number of rotatable bonds is 6. The third-order valence-electron chi connectivity index (χ3n) is 4.09. The molecular formula is C20H24ClIO3Si. The zero-order valence-electron chi connectivity index (χ0n) is 15.3. The van der Waals surface area contributed by atoms with E-state index in [4.69, 9.17) is 25.5 Å². The summed E-state index contributed by atoms with van der Waals surface area (Å²) in [4.78, 5) is 0. The smallest absolute Gasteiger partial charge is 0.185 e. The van der Waals surface area contributed by atoms with E-state index < -0.39 is 8.32 Å². The summed E-state index contributed by atoms with van der Waals surface area (Å²) in [6.45, 7) is 8.03. The molecule has 140 valence electrons. The van der Waals surface area contributed by atoms with Gasteiger partial charge in [0.2, 0.25) is 0 Å². The second kappa shape index (κ2) is 8.60. The molecule has 2 aromatic rings. The van der Waals surface area contributed by atoms with Crippen molar-refractivity contribution < 1.29 is 13.9 Å². The molecule has 3 rings (SSSR count). The molecule has 1 aliphatic rings. The predicted octanol–water partition coefficient (Wildman–Crippen LogP) is 6.05. The summed E-state index contributed by atoms with van der Waals surface area (Å²) in [5.74, 6) is 0.866. The third-order valence-corrected chi connectivity index (χ3v) is 6.04. The van der Waals surface area contributed by atoms with Gasteiger partial charge in [0.1, 0.15) is 11.9 Å². The molecule has 0 spiro atoms. The molecule has 0 bridgehead atoms. The van der Waals surface area contributed by atoms with Crippen LogP contribution in [0.2, 0.25) is 24.7 Å². The van der Waals surface area contributed by atoms with Crippen LogP contribution in [0.15, 0.2) is 42.5 Å². The lowest BCUT2D eigenvalue weighted by atomic mass is 10.0. The van der Waals surface area contributed by atoms with E-state index in [1.165, 1.54) is 0 Å². The quantitative estimate of drug-likeness (QED) is 0.355. The Morgan fingerprint density at radius 3 is 2.50 bits per heavy atom. The van der Waals surface area contributed by atoms with Gasteiger partial charge in [-0.2, -0.15) is 0 Å². The number of halogens is 2. The van der Waals surface area contributed by atoms with E-state index in [2.05, 4.69) is 60.4 Å². The Hall–Kier alpha value is -0.603. The van der Waals surface area contributed by atoms with Gasteiger partial charge < -0.3 is 13.9 Å². The van der Waals surface area contributed by atoms with Crippen molar-refractivity contribution in [3.05, 3.63) is 62.2 Å². The standard InChI is InChI=1S/C20H24ClIO3Si/c1-26(2,3)25-20(18-12-15(22)6-9-19(18)21)14-4-7-16(8-5-14)24-17-10-11-23-13-17/h4-9,12,17,20H,10-11,13H2,1-3H3. The summed E-state index contributed by atoms with van der Waals surface area (Å²) in [5.41, 5.74) is 2.10. The van der Waals surface area contributed by atoms with Crippen LogP contribution < -0.4 is 4.74 Å². The Balaban J connectivity index is 1.87. The maximum absolute atomic E-state index is 6.51. The molecule has 2 atom stereocenters. The largest absolute Gasteiger partial charge is 0.488 e. The van der Waals surface area contributed by atoms with Gasteiger partial charge in [0.15, 0.2) is 8.32 Å². The maximum atomic E-state index is 6.51. The molecule has 2 aromatic carbocycles. The van der Waals surface area contributed by atoms with Gasteiger partial charge >= 0.3 is 0 Å². The Morgan fingerprint density at radius 2 is 1.88 bits per heavy atom. The molecule has 1 saturated heterocycles. The second-order valence-corrected chi connectivity index (χ2v) is 13.6. The Bertz CT molecular complexity index is 740. The Morgan fingerprint density at radius 1 is 1.15 bits per heavy atom. The molecule has 0 saturated carbocycles. The minimum Gasteiger partial charge on any atom is -0.488 e. The first-order chi connectivity index (χ1) is 12.3. The molecule has 26 heavy (non-hydrogen) atoms. The Kier molecular flexibility index (Phi) is 6.66. The topological polar surface area (TPSA) is 27.7 Å². The fourth-order valence-electron chi connectivity index (χ4n) is 2.90. The fraction of sp³-hybridized carbons (Fsp3) is 0.400. The molecule has 1 heterocycles. The van der Waals surface area contributed by atoms with E-state index in [-0.39, 0.29) is 12.2 Å². The van der Waals surface area contributed by atoms with Crippen LogP contribution in [0.1, 0.15) is 23.7 Å². The summed E-state index contributed by atoms with van der Waals surface area (Å²) >= 11 is 8.82. The number of ether oxygens (including phenoxy) is 2. The van der Waals surface area contributed by atoms with Crippen molar-refractivity contribution in [2.24, 2.45) is 0 Å². The highest BCUT2D eigenvalue weighted by molar-refractivity contribution is 14.1. The first kappa shape index (κ1) is 20.1. The van der Waals surface area contributed by atoms with Crippen LogP contribution in [-0.4, -0.2) is 27.6 Å². The lowest BCUT2D eigenvalue weighted by molar-refractivity contribution is 0.141. The second-order valence-electron chi connectivity index (χ2n) is 7.45. The molecule has 3 nitrogen and oxygen atoms in total. The highest BCUT2D eigenvalue weighted by atomic mass is 127. The predicted molar refractivity (Wildman–Crippen MR) is 117 cm³/mol. The van der Waals surface area contributed by atoms with E-state index in [9.17, 15) is 0 Å². The van der Waals surface area contributed by atoms with Crippen LogP contribution in [0.4, 0.5) is 0 Å². The normalized spacial score (nSPS) is 18.7. The lowest BCUT2D eigenvalue weighted by Gasteiger charge is -2.28. The molecule has 0 aromatic heterocycles. The van der Waals surface area contributed by atoms with Crippen LogP contribution in [-0.2, 0) is 9.16 Å². The third kappa shape index (κ3) is 5.45. The summed E-state index contributed by atoms with van der Waals surface area (Å²) < 4.78 is 19.0. The van der Waals surface area contributed by atoms with Crippen LogP contribution in [0.5, 0.6) is 5.75 Å². The van der Waals surface area contributed by atoms with Crippen molar-refractivity contribution in [1.82, 2.24) is 0 Å². The SMILES string of the molecule is C[Si](C)(C)OC(c1ccc(OC2CCOC2)cc1)c1cc(I)ccc1Cl.